The number of hydrogen-bond donors (Lipinski definition) is 2. The van der Waals surface area contributed by atoms with Crippen LogP contribution in [-0.4, -0.2) is 47.4 Å². The number of carbonyl (C=O) groups is 2. The fourth-order valence-electron chi connectivity index (χ4n) is 4.26. The number of likely N-dealkylation sites (tertiary alicyclic amines) is 1. The third kappa shape index (κ3) is 4.79. The van der Waals surface area contributed by atoms with Gasteiger partial charge in [-0.05, 0) is 49.7 Å². The zero-order valence-corrected chi connectivity index (χ0v) is 18.0. The van der Waals surface area contributed by atoms with E-state index in [0.717, 1.165) is 36.5 Å². The maximum Gasteiger partial charge on any atom is 0.338 e. The van der Waals surface area contributed by atoms with Crippen molar-refractivity contribution in [3.63, 3.8) is 0 Å². The predicted molar refractivity (Wildman–Crippen MR) is 120 cm³/mol. The number of urea groups is 1. The van der Waals surface area contributed by atoms with Crippen LogP contribution in [0.25, 0.3) is 0 Å². The lowest BCUT2D eigenvalue weighted by molar-refractivity contribution is -0.129. The molecule has 0 radical (unpaired) electrons. The van der Waals surface area contributed by atoms with Gasteiger partial charge in [-0.15, -0.1) is 0 Å². The van der Waals surface area contributed by atoms with Crippen LogP contribution in [0.2, 0.25) is 0 Å². The van der Waals surface area contributed by atoms with Gasteiger partial charge in [0.1, 0.15) is 11.9 Å². The van der Waals surface area contributed by atoms with E-state index < -0.39 is 6.03 Å². The van der Waals surface area contributed by atoms with Gasteiger partial charge in [0, 0.05) is 31.1 Å². The van der Waals surface area contributed by atoms with Gasteiger partial charge in [0.2, 0.25) is 5.91 Å². The van der Waals surface area contributed by atoms with Gasteiger partial charge in [-0.2, -0.15) is 0 Å². The van der Waals surface area contributed by atoms with Crippen LogP contribution in [0.15, 0.2) is 48.5 Å². The molecule has 3 amide bonds. The number of rotatable bonds is 4. The first kappa shape index (κ1) is 20.8. The molecule has 0 spiro atoms. The summed E-state index contributed by atoms with van der Waals surface area (Å²) in [6.45, 7) is 1.62. The standard InChI is InChI=1S/C23H27N3O3S/c1-25-11-5-8-18(15-25)22(27)26(30)23(28)24-19-9-4-10-20(14-19)29-21-12-16-6-2-3-7-17(16)13-21/h2-4,6-7,9-10,14,18,21,30H,5,8,11-13,15H2,1H3,(H,24,28). The van der Waals surface area contributed by atoms with E-state index in [0.29, 0.717) is 18.0 Å². The second-order valence-electron chi connectivity index (χ2n) is 8.13. The smallest absolute Gasteiger partial charge is 0.338 e. The topological polar surface area (TPSA) is 61.9 Å². The third-order valence-electron chi connectivity index (χ3n) is 5.78. The van der Waals surface area contributed by atoms with Crippen LogP contribution in [0, 0.1) is 5.92 Å². The molecule has 158 valence electrons. The van der Waals surface area contributed by atoms with E-state index in [9.17, 15) is 9.59 Å². The number of anilines is 1. The molecule has 2 aromatic rings. The van der Waals surface area contributed by atoms with Crippen LogP contribution in [0.1, 0.15) is 24.0 Å². The fourth-order valence-corrected chi connectivity index (χ4v) is 4.47. The Bertz CT molecular complexity index is 910. The molecule has 1 N–H and O–H groups in total. The highest BCUT2D eigenvalue weighted by Gasteiger charge is 2.30. The molecule has 7 heteroatoms. The van der Waals surface area contributed by atoms with Crippen molar-refractivity contribution < 1.29 is 14.3 Å². The van der Waals surface area contributed by atoms with Crippen LogP contribution in [0.5, 0.6) is 5.75 Å². The Morgan fingerprint density at radius 2 is 1.87 bits per heavy atom. The molecule has 0 aromatic heterocycles. The highest BCUT2D eigenvalue weighted by molar-refractivity contribution is 7.79. The average Bonchev–Trinajstić information content (AvgIpc) is 3.15. The minimum Gasteiger partial charge on any atom is -0.490 e. The number of amides is 3. The van der Waals surface area contributed by atoms with Gasteiger partial charge in [0.15, 0.2) is 0 Å². The first-order valence-electron chi connectivity index (χ1n) is 10.4. The SMILES string of the molecule is CN1CCCC(C(=O)N(S)C(=O)Nc2cccc(OC3Cc4ccccc4C3)c2)C1. The number of hydrogen-bond acceptors (Lipinski definition) is 5. The molecule has 30 heavy (non-hydrogen) atoms. The van der Waals surface area contributed by atoms with Gasteiger partial charge in [0.05, 0.1) is 5.92 Å². The molecule has 0 bridgehead atoms. The number of piperidine rings is 1. The quantitative estimate of drug-likeness (QED) is 0.732. The molecular weight excluding hydrogens is 398 g/mol. The number of ether oxygens (including phenoxy) is 1. The van der Waals surface area contributed by atoms with Gasteiger partial charge in [0.25, 0.3) is 0 Å². The molecule has 1 aliphatic heterocycles. The number of thiol groups is 1. The maximum atomic E-state index is 12.6. The zero-order chi connectivity index (χ0) is 21.1. The summed E-state index contributed by atoms with van der Waals surface area (Å²) in [5, 5.41) is 2.75. The van der Waals surface area contributed by atoms with Gasteiger partial charge < -0.3 is 15.0 Å². The van der Waals surface area contributed by atoms with Gasteiger partial charge in [-0.1, -0.05) is 43.1 Å². The van der Waals surface area contributed by atoms with Crippen LogP contribution in [-0.2, 0) is 17.6 Å². The summed E-state index contributed by atoms with van der Waals surface area (Å²) in [6.07, 6.45) is 3.56. The van der Waals surface area contributed by atoms with Crippen LogP contribution < -0.4 is 10.1 Å². The molecule has 1 saturated heterocycles. The first-order chi connectivity index (χ1) is 14.5. The summed E-state index contributed by atoms with van der Waals surface area (Å²) < 4.78 is 7.03. The van der Waals surface area contributed by atoms with E-state index in [1.165, 1.54) is 11.1 Å². The van der Waals surface area contributed by atoms with Crippen molar-refractivity contribution in [1.29, 1.82) is 0 Å². The Morgan fingerprint density at radius 1 is 1.13 bits per heavy atom. The Balaban J connectivity index is 1.35. The van der Waals surface area contributed by atoms with Gasteiger partial charge in [-0.25, -0.2) is 9.10 Å². The lowest BCUT2D eigenvalue weighted by Crippen LogP contribution is -2.43. The number of carbonyl (C=O) groups excluding carboxylic acids is 2. The summed E-state index contributed by atoms with van der Waals surface area (Å²) in [6, 6.07) is 15.1. The van der Waals surface area contributed by atoms with Crippen molar-refractivity contribution in [2.24, 2.45) is 5.92 Å². The van der Waals surface area contributed by atoms with Crippen LogP contribution >= 0.6 is 12.8 Å². The van der Waals surface area contributed by atoms with Crippen molar-refractivity contribution in [2.45, 2.75) is 31.8 Å². The number of nitrogens with zero attached hydrogens (tertiary/aromatic N) is 2. The zero-order valence-electron chi connectivity index (χ0n) is 17.1. The van der Waals surface area contributed by atoms with Gasteiger partial charge >= 0.3 is 6.03 Å². The summed E-state index contributed by atoms with van der Waals surface area (Å²) in [4.78, 5) is 27.3. The number of imide groups is 1. The summed E-state index contributed by atoms with van der Waals surface area (Å²) in [7, 11) is 1.98. The fraction of sp³-hybridized carbons (Fsp3) is 0.391. The van der Waals surface area contributed by atoms with Gasteiger partial charge in [-0.3, -0.25) is 4.79 Å². The van der Waals surface area contributed by atoms with E-state index in [4.69, 9.17) is 4.74 Å². The molecule has 1 unspecified atom stereocenters. The molecule has 1 fully saturated rings. The Kier molecular flexibility index (Phi) is 6.29. The molecule has 4 rings (SSSR count). The second kappa shape index (κ2) is 9.10. The molecule has 1 aliphatic carbocycles. The lowest BCUT2D eigenvalue weighted by Gasteiger charge is -2.30. The highest BCUT2D eigenvalue weighted by Crippen LogP contribution is 2.27. The van der Waals surface area contributed by atoms with Crippen molar-refractivity contribution in [3.05, 3.63) is 59.7 Å². The van der Waals surface area contributed by atoms with E-state index in [2.05, 4.69) is 35.2 Å². The number of nitrogens with one attached hydrogen (secondary N) is 1. The van der Waals surface area contributed by atoms with E-state index in [-0.39, 0.29) is 17.9 Å². The minimum absolute atomic E-state index is 0.0830. The Hall–Kier alpha value is -2.51. The minimum atomic E-state index is -0.554. The monoisotopic (exact) mass is 425 g/mol. The second-order valence-corrected chi connectivity index (χ2v) is 8.53. The Labute approximate surface area is 182 Å². The normalized spacial score (nSPS) is 19.2. The first-order valence-corrected chi connectivity index (χ1v) is 10.8. The Morgan fingerprint density at radius 3 is 2.57 bits per heavy atom. The molecular formula is C23H27N3O3S. The number of fused-ring (bicyclic) bond motifs is 1. The van der Waals surface area contributed by atoms with E-state index in [1.54, 1.807) is 12.1 Å². The lowest BCUT2D eigenvalue weighted by atomic mass is 9.98. The molecule has 2 aromatic carbocycles. The van der Waals surface area contributed by atoms with Crippen LogP contribution in [0.4, 0.5) is 10.5 Å². The molecule has 6 nitrogen and oxygen atoms in total. The summed E-state index contributed by atoms with van der Waals surface area (Å²) in [5.41, 5.74) is 3.22. The summed E-state index contributed by atoms with van der Waals surface area (Å²) >= 11 is 4.16. The molecule has 1 atom stereocenters. The molecule has 1 heterocycles. The molecule has 2 aliphatic rings. The van der Waals surface area contributed by atoms with E-state index >= 15 is 0 Å². The van der Waals surface area contributed by atoms with Crippen molar-refractivity contribution in [2.75, 3.05) is 25.5 Å². The van der Waals surface area contributed by atoms with E-state index in [1.807, 2.05) is 31.3 Å². The van der Waals surface area contributed by atoms with Crippen molar-refractivity contribution >= 4 is 30.4 Å². The summed E-state index contributed by atoms with van der Waals surface area (Å²) in [5.74, 6) is 0.223. The maximum absolute atomic E-state index is 12.6. The van der Waals surface area contributed by atoms with Crippen molar-refractivity contribution in [3.8, 4) is 5.75 Å². The van der Waals surface area contributed by atoms with Crippen molar-refractivity contribution in [1.82, 2.24) is 9.21 Å². The third-order valence-corrected chi connectivity index (χ3v) is 6.16. The predicted octanol–water partition coefficient (Wildman–Crippen LogP) is 3.78. The highest BCUT2D eigenvalue weighted by atomic mass is 32.1. The number of benzene rings is 2. The average molecular weight is 426 g/mol. The largest absolute Gasteiger partial charge is 0.490 e. The molecule has 0 saturated carbocycles. The van der Waals surface area contributed by atoms with Crippen LogP contribution in [0.3, 0.4) is 0 Å².